The number of para-hydroxylation sites is 1. The molecule has 0 N–H and O–H groups in total. The molecule has 1 amide bonds. The number of hydrogen-bond acceptors (Lipinski definition) is 4. The Bertz CT molecular complexity index is 1040. The maximum absolute atomic E-state index is 12.7. The molecule has 0 fully saturated rings. The Morgan fingerprint density at radius 2 is 1.69 bits per heavy atom. The zero-order chi connectivity index (χ0) is 20.6. The zero-order valence-electron chi connectivity index (χ0n) is 16.5. The van der Waals surface area contributed by atoms with Crippen molar-refractivity contribution in [2.45, 2.75) is 6.92 Å². The average molecular weight is 389 g/mol. The first kappa shape index (κ1) is 20.1. The molecule has 3 aromatic rings. The summed E-state index contributed by atoms with van der Waals surface area (Å²) < 4.78 is 10.4. The highest BCUT2D eigenvalue weighted by molar-refractivity contribution is 6.04. The molecule has 0 aromatic heterocycles. The number of likely N-dealkylation sites (N-methyl/N-ethyl adjacent to an activating group) is 1. The van der Waals surface area contributed by atoms with Crippen molar-refractivity contribution in [2.75, 3.05) is 25.2 Å². The fourth-order valence-electron chi connectivity index (χ4n) is 3.15. The Hall–Kier alpha value is -3.60. The summed E-state index contributed by atoms with van der Waals surface area (Å²) in [6.07, 6.45) is 2.90. The summed E-state index contributed by atoms with van der Waals surface area (Å²) in [5.74, 6) is -0.207. The van der Waals surface area contributed by atoms with Crippen LogP contribution in [0.3, 0.4) is 0 Å². The summed E-state index contributed by atoms with van der Waals surface area (Å²) in [6.45, 7) is 2.04. The maximum atomic E-state index is 12.7. The van der Waals surface area contributed by atoms with E-state index in [2.05, 4.69) is 0 Å². The number of carbonyl (C=O) groups is 2. The van der Waals surface area contributed by atoms with Crippen LogP contribution in [0.15, 0.2) is 72.8 Å². The van der Waals surface area contributed by atoms with Crippen LogP contribution >= 0.6 is 0 Å². The van der Waals surface area contributed by atoms with Crippen molar-refractivity contribution >= 4 is 34.4 Å². The van der Waals surface area contributed by atoms with E-state index >= 15 is 0 Å². The van der Waals surface area contributed by atoms with E-state index in [0.29, 0.717) is 12.3 Å². The number of amides is 1. The number of carbonyl (C=O) groups excluding carboxylic acids is 2. The molecule has 0 unspecified atom stereocenters. The van der Waals surface area contributed by atoms with Crippen LogP contribution in [-0.2, 0) is 14.3 Å². The number of fused-ring (bicyclic) bond motifs is 1. The van der Waals surface area contributed by atoms with Crippen LogP contribution in [0.2, 0.25) is 0 Å². The van der Waals surface area contributed by atoms with Gasteiger partial charge in [-0.25, -0.2) is 4.79 Å². The molecule has 0 saturated carbocycles. The van der Waals surface area contributed by atoms with E-state index in [9.17, 15) is 9.59 Å². The Kier molecular flexibility index (Phi) is 6.63. The van der Waals surface area contributed by atoms with E-state index in [4.69, 9.17) is 9.47 Å². The van der Waals surface area contributed by atoms with Crippen molar-refractivity contribution in [3.05, 3.63) is 78.4 Å². The summed E-state index contributed by atoms with van der Waals surface area (Å²) in [5, 5.41) is 2.03. The van der Waals surface area contributed by atoms with Crippen molar-refractivity contribution in [3.63, 3.8) is 0 Å². The van der Waals surface area contributed by atoms with E-state index in [1.54, 1.807) is 24.2 Å². The van der Waals surface area contributed by atoms with Crippen LogP contribution in [0.4, 0.5) is 5.69 Å². The monoisotopic (exact) mass is 389 g/mol. The number of benzene rings is 3. The van der Waals surface area contributed by atoms with Crippen molar-refractivity contribution in [2.24, 2.45) is 0 Å². The van der Waals surface area contributed by atoms with E-state index < -0.39 is 5.97 Å². The van der Waals surface area contributed by atoms with Gasteiger partial charge in [-0.3, -0.25) is 4.79 Å². The molecule has 0 bridgehead atoms. The van der Waals surface area contributed by atoms with Gasteiger partial charge in [-0.15, -0.1) is 0 Å². The normalized spacial score (nSPS) is 10.8. The summed E-state index contributed by atoms with van der Waals surface area (Å²) in [6, 6.07) is 21.0. The topological polar surface area (TPSA) is 55.8 Å². The summed E-state index contributed by atoms with van der Waals surface area (Å²) in [7, 11) is 1.57. The number of nitrogens with zero attached hydrogens (tertiary/aromatic N) is 1. The van der Waals surface area contributed by atoms with Gasteiger partial charge in [-0.05, 0) is 30.5 Å². The van der Waals surface area contributed by atoms with Crippen LogP contribution in [0.5, 0.6) is 5.75 Å². The van der Waals surface area contributed by atoms with Gasteiger partial charge in [0.15, 0.2) is 6.61 Å². The first-order valence-electron chi connectivity index (χ1n) is 9.40. The predicted molar refractivity (Wildman–Crippen MR) is 115 cm³/mol. The van der Waals surface area contributed by atoms with Gasteiger partial charge in [0.1, 0.15) is 5.75 Å². The lowest BCUT2D eigenvalue weighted by Crippen LogP contribution is -2.34. The van der Waals surface area contributed by atoms with Gasteiger partial charge >= 0.3 is 5.97 Å². The average Bonchev–Trinajstić information content (AvgIpc) is 2.77. The smallest absolute Gasteiger partial charge is 0.331 e. The van der Waals surface area contributed by atoms with Crippen LogP contribution in [0.25, 0.3) is 16.8 Å². The number of anilines is 1. The third-order valence-electron chi connectivity index (χ3n) is 4.55. The van der Waals surface area contributed by atoms with Crippen LogP contribution in [0.1, 0.15) is 12.5 Å². The molecular formula is C24H23NO4. The quantitative estimate of drug-likeness (QED) is 0.442. The lowest BCUT2D eigenvalue weighted by atomic mass is 10.1. The van der Waals surface area contributed by atoms with E-state index in [-0.39, 0.29) is 12.5 Å². The standard InChI is InChI=1S/C24H23NO4/c1-3-25(21-13-8-11-18-9-4-6-12-20(18)21)23(26)17-29-24(27)16-15-19-10-5-7-14-22(19)28-2/h4-16H,3,17H2,1-2H3. The first-order valence-corrected chi connectivity index (χ1v) is 9.40. The molecule has 0 heterocycles. The lowest BCUT2D eigenvalue weighted by molar-refractivity contribution is -0.142. The second-order valence-electron chi connectivity index (χ2n) is 6.32. The molecule has 0 aliphatic rings. The second-order valence-corrected chi connectivity index (χ2v) is 6.32. The molecule has 5 nitrogen and oxygen atoms in total. The number of hydrogen-bond donors (Lipinski definition) is 0. The van der Waals surface area contributed by atoms with E-state index in [0.717, 1.165) is 22.0 Å². The van der Waals surface area contributed by atoms with Crippen molar-refractivity contribution in [1.82, 2.24) is 0 Å². The zero-order valence-corrected chi connectivity index (χ0v) is 16.5. The molecule has 0 spiro atoms. The Labute approximate surface area is 170 Å². The lowest BCUT2D eigenvalue weighted by Gasteiger charge is -2.22. The number of methoxy groups -OCH3 is 1. The molecule has 0 saturated heterocycles. The minimum absolute atomic E-state index is 0.275. The minimum atomic E-state index is -0.585. The Balaban J connectivity index is 1.67. The van der Waals surface area contributed by atoms with Crippen molar-refractivity contribution in [1.29, 1.82) is 0 Å². The molecule has 148 valence electrons. The fourth-order valence-corrected chi connectivity index (χ4v) is 3.15. The largest absolute Gasteiger partial charge is 0.496 e. The van der Waals surface area contributed by atoms with Crippen LogP contribution in [-0.4, -0.2) is 32.1 Å². The van der Waals surface area contributed by atoms with Crippen molar-refractivity contribution < 1.29 is 19.1 Å². The minimum Gasteiger partial charge on any atom is -0.496 e. The molecule has 0 radical (unpaired) electrons. The van der Waals surface area contributed by atoms with Gasteiger partial charge in [0.05, 0.1) is 12.8 Å². The molecule has 3 aromatic carbocycles. The van der Waals surface area contributed by atoms with Crippen LogP contribution in [0, 0.1) is 0 Å². The van der Waals surface area contributed by atoms with Gasteiger partial charge < -0.3 is 14.4 Å². The highest BCUT2D eigenvalue weighted by Gasteiger charge is 2.17. The molecule has 3 rings (SSSR count). The van der Waals surface area contributed by atoms with Crippen LogP contribution < -0.4 is 9.64 Å². The molecule has 0 atom stereocenters. The Morgan fingerprint density at radius 3 is 2.48 bits per heavy atom. The fraction of sp³-hybridized carbons (Fsp3) is 0.167. The molecule has 0 aliphatic heterocycles. The number of esters is 1. The van der Waals surface area contributed by atoms with E-state index in [1.807, 2.05) is 67.6 Å². The molecule has 29 heavy (non-hydrogen) atoms. The predicted octanol–water partition coefficient (Wildman–Crippen LogP) is 4.46. The van der Waals surface area contributed by atoms with Gasteiger partial charge in [0, 0.05) is 23.6 Å². The SMILES string of the molecule is CCN(C(=O)COC(=O)C=Cc1ccccc1OC)c1cccc2ccccc12. The third kappa shape index (κ3) is 4.82. The van der Waals surface area contributed by atoms with Gasteiger partial charge in [-0.1, -0.05) is 54.6 Å². The highest BCUT2D eigenvalue weighted by atomic mass is 16.5. The highest BCUT2D eigenvalue weighted by Crippen LogP contribution is 2.26. The van der Waals surface area contributed by atoms with Crippen molar-refractivity contribution in [3.8, 4) is 5.75 Å². The first-order chi connectivity index (χ1) is 14.1. The maximum Gasteiger partial charge on any atom is 0.331 e. The van der Waals surface area contributed by atoms with Gasteiger partial charge in [0.2, 0.25) is 0 Å². The molecular weight excluding hydrogens is 366 g/mol. The summed E-state index contributed by atoms with van der Waals surface area (Å²) >= 11 is 0. The number of rotatable bonds is 7. The molecule has 0 aliphatic carbocycles. The Morgan fingerprint density at radius 1 is 0.966 bits per heavy atom. The number of ether oxygens (including phenoxy) is 2. The third-order valence-corrected chi connectivity index (χ3v) is 4.55. The second kappa shape index (κ2) is 9.55. The molecule has 5 heteroatoms. The van der Waals surface area contributed by atoms with E-state index in [1.165, 1.54) is 6.08 Å². The summed E-state index contributed by atoms with van der Waals surface area (Å²) in [4.78, 5) is 26.4. The van der Waals surface area contributed by atoms with Gasteiger partial charge in [0.25, 0.3) is 5.91 Å². The van der Waals surface area contributed by atoms with Gasteiger partial charge in [-0.2, -0.15) is 0 Å². The summed E-state index contributed by atoms with van der Waals surface area (Å²) in [5.41, 5.74) is 1.56.